The summed E-state index contributed by atoms with van der Waals surface area (Å²) in [5.41, 5.74) is 2.28. The van der Waals surface area contributed by atoms with Gasteiger partial charge in [0.1, 0.15) is 0 Å². The molecular formula is C19H25N3O2. The molecule has 0 bridgehead atoms. The van der Waals surface area contributed by atoms with Gasteiger partial charge in [-0.15, -0.1) is 0 Å². The van der Waals surface area contributed by atoms with Crippen LogP contribution in [0.25, 0.3) is 0 Å². The lowest BCUT2D eigenvalue weighted by molar-refractivity contribution is 0.0879. The second kappa shape index (κ2) is 6.65. The summed E-state index contributed by atoms with van der Waals surface area (Å²) in [6.45, 7) is 5.83. The first-order chi connectivity index (χ1) is 11.7. The zero-order valence-corrected chi connectivity index (χ0v) is 14.0. The van der Waals surface area contributed by atoms with Crippen molar-refractivity contribution in [1.82, 2.24) is 15.5 Å². The minimum atomic E-state index is -0.265. The zero-order chi connectivity index (χ0) is 16.5. The Kier molecular flexibility index (Phi) is 4.37. The van der Waals surface area contributed by atoms with E-state index in [4.69, 9.17) is 0 Å². The summed E-state index contributed by atoms with van der Waals surface area (Å²) in [4.78, 5) is 26.1. The number of amides is 2. The summed E-state index contributed by atoms with van der Waals surface area (Å²) in [5, 5.41) is 5.81. The molecule has 1 aromatic rings. The molecule has 5 heteroatoms. The predicted molar refractivity (Wildman–Crippen MR) is 92.2 cm³/mol. The third-order valence-corrected chi connectivity index (χ3v) is 5.79. The van der Waals surface area contributed by atoms with Crippen molar-refractivity contribution in [3.05, 3.63) is 34.9 Å². The van der Waals surface area contributed by atoms with Crippen molar-refractivity contribution in [2.75, 3.05) is 32.7 Å². The minimum absolute atomic E-state index is 0.250. The fourth-order valence-corrected chi connectivity index (χ4v) is 4.32. The number of likely N-dealkylation sites (tertiary alicyclic amines) is 1. The Morgan fingerprint density at radius 2 is 1.67 bits per heavy atom. The maximum Gasteiger partial charge on any atom is 0.258 e. The number of carbonyl (C=O) groups excluding carboxylic acids is 2. The topological polar surface area (TPSA) is 61.4 Å². The number of carbonyl (C=O) groups is 2. The van der Waals surface area contributed by atoms with Crippen molar-refractivity contribution in [3.63, 3.8) is 0 Å². The maximum absolute atomic E-state index is 11.8. The molecule has 4 rings (SSSR count). The van der Waals surface area contributed by atoms with Crippen LogP contribution in [0.4, 0.5) is 0 Å². The van der Waals surface area contributed by atoms with Crippen molar-refractivity contribution in [2.24, 2.45) is 5.92 Å². The number of piperidine rings is 2. The molecule has 3 heterocycles. The first-order valence-electron chi connectivity index (χ1n) is 9.13. The van der Waals surface area contributed by atoms with E-state index in [0.29, 0.717) is 17.0 Å². The molecule has 2 saturated heterocycles. The number of hydrogen-bond acceptors (Lipinski definition) is 4. The molecule has 2 fully saturated rings. The number of fused-ring (bicyclic) bond motifs is 1. The Labute approximate surface area is 142 Å². The normalized spacial score (nSPS) is 23.3. The molecule has 5 nitrogen and oxygen atoms in total. The lowest BCUT2D eigenvalue weighted by atomic mass is 9.87. The first-order valence-corrected chi connectivity index (χ1v) is 9.13. The van der Waals surface area contributed by atoms with Crippen molar-refractivity contribution >= 4 is 11.8 Å². The molecule has 0 radical (unpaired) electrons. The van der Waals surface area contributed by atoms with Gasteiger partial charge in [-0.1, -0.05) is 6.07 Å². The fourth-order valence-electron chi connectivity index (χ4n) is 4.32. The highest BCUT2D eigenvalue weighted by molar-refractivity contribution is 6.21. The number of nitrogens with one attached hydrogen (secondary N) is 2. The largest absolute Gasteiger partial charge is 0.317 e. The molecule has 0 aromatic heterocycles. The molecule has 1 aromatic carbocycles. The Morgan fingerprint density at radius 3 is 2.42 bits per heavy atom. The van der Waals surface area contributed by atoms with Crippen LogP contribution in [0.3, 0.4) is 0 Å². The Morgan fingerprint density at radius 1 is 0.958 bits per heavy atom. The summed E-state index contributed by atoms with van der Waals surface area (Å²) in [5.74, 6) is 0.833. The highest BCUT2D eigenvalue weighted by atomic mass is 16.2. The van der Waals surface area contributed by atoms with Crippen LogP contribution in [-0.2, 0) is 0 Å². The Balaban J connectivity index is 1.37. The van der Waals surface area contributed by atoms with Crippen molar-refractivity contribution in [1.29, 1.82) is 0 Å². The molecular weight excluding hydrogens is 302 g/mol. The highest BCUT2D eigenvalue weighted by Crippen LogP contribution is 2.31. The second-order valence-corrected chi connectivity index (χ2v) is 7.36. The molecule has 0 unspecified atom stereocenters. The quantitative estimate of drug-likeness (QED) is 0.831. The molecule has 3 aliphatic rings. The van der Waals surface area contributed by atoms with Gasteiger partial charge >= 0.3 is 0 Å². The summed E-state index contributed by atoms with van der Waals surface area (Å²) >= 11 is 0. The van der Waals surface area contributed by atoms with Crippen LogP contribution in [-0.4, -0.2) is 49.4 Å². The molecule has 2 N–H and O–H groups in total. The second-order valence-electron chi connectivity index (χ2n) is 7.36. The van der Waals surface area contributed by atoms with Crippen LogP contribution in [0.5, 0.6) is 0 Å². The molecule has 24 heavy (non-hydrogen) atoms. The number of hydrogen-bond donors (Lipinski definition) is 2. The van der Waals surface area contributed by atoms with Crippen molar-refractivity contribution < 1.29 is 9.59 Å². The van der Waals surface area contributed by atoms with E-state index >= 15 is 0 Å². The van der Waals surface area contributed by atoms with Gasteiger partial charge in [0, 0.05) is 6.54 Å². The summed E-state index contributed by atoms with van der Waals surface area (Å²) < 4.78 is 0. The van der Waals surface area contributed by atoms with Crippen molar-refractivity contribution in [3.8, 4) is 0 Å². The fraction of sp³-hybridized carbons (Fsp3) is 0.579. The SMILES string of the molecule is O=C1NC(=O)c2cc(C3CCN(CC4CCNCC4)CC3)ccc21. The predicted octanol–water partition coefficient (Wildman–Crippen LogP) is 1.75. The Hall–Kier alpha value is -1.72. The van der Waals surface area contributed by atoms with Gasteiger partial charge in [-0.2, -0.15) is 0 Å². The van der Waals surface area contributed by atoms with E-state index in [1.165, 1.54) is 24.9 Å². The summed E-state index contributed by atoms with van der Waals surface area (Å²) in [6, 6.07) is 5.78. The highest BCUT2D eigenvalue weighted by Gasteiger charge is 2.29. The van der Waals surface area contributed by atoms with Crippen molar-refractivity contribution in [2.45, 2.75) is 31.6 Å². The average molecular weight is 327 g/mol. The van der Waals surface area contributed by atoms with Gasteiger partial charge in [-0.3, -0.25) is 14.9 Å². The lowest BCUT2D eigenvalue weighted by Gasteiger charge is -2.35. The van der Waals surface area contributed by atoms with E-state index in [1.807, 2.05) is 18.2 Å². The molecule has 128 valence electrons. The zero-order valence-electron chi connectivity index (χ0n) is 14.0. The van der Waals surface area contributed by atoms with E-state index in [1.54, 1.807) is 0 Å². The van der Waals surface area contributed by atoms with E-state index in [9.17, 15) is 9.59 Å². The maximum atomic E-state index is 11.8. The van der Waals surface area contributed by atoms with E-state index < -0.39 is 0 Å². The van der Waals surface area contributed by atoms with E-state index in [2.05, 4.69) is 15.5 Å². The number of benzene rings is 1. The number of nitrogens with zero attached hydrogens (tertiary/aromatic N) is 1. The third-order valence-electron chi connectivity index (χ3n) is 5.79. The molecule has 0 atom stereocenters. The Bertz CT molecular complexity index is 644. The third kappa shape index (κ3) is 3.10. The monoisotopic (exact) mass is 327 g/mol. The smallest absolute Gasteiger partial charge is 0.258 e. The van der Waals surface area contributed by atoms with Crippen LogP contribution in [0.1, 0.15) is 57.9 Å². The molecule has 0 saturated carbocycles. The van der Waals surface area contributed by atoms with Crippen LogP contribution >= 0.6 is 0 Å². The van der Waals surface area contributed by atoms with Gasteiger partial charge in [0.25, 0.3) is 11.8 Å². The van der Waals surface area contributed by atoms with Crippen LogP contribution in [0, 0.1) is 5.92 Å². The first kappa shape index (κ1) is 15.8. The molecule has 2 amide bonds. The van der Waals surface area contributed by atoms with Crippen LogP contribution in [0.15, 0.2) is 18.2 Å². The number of imide groups is 1. The standard InChI is InChI=1S/C19H25N3O2/c23-18-16-2-1-15(11-17(16)19(24)21-18)14-5-9-22(10-6-14)12-13-3-7-20-8-4-13/h1-2,11,13-14,20H,3-10,12H2,(H,21,23,24). The van der Waals surface area contributed by atoms with Crippen LogP contribution < -0.4 is 10.6 Å². The van der Waals surface area contributed by atoms with Gasteiger partial charge in [0.2, 0.25) is 0 Å². The summed E-state index contributed by atoms with van der Waals surface area (Å²) in [6.07, 6.45) is 4.88. The molecule has 0 aliphatic carbocycles. The van der Waals surface area contributed by atoms with Gasteiger partial charge in [-0.05, 0) is 81.4 Å². The van der Waals surface area contributed by atoms with E-state index in [0.717, 1.165) is 44.9 Å². The van der Waals surface area contributed by atoms with E-state index in [-0.39, 0.29) is 11.8 Å². The van der Waals surface area contributed by atoms with Gasteiger partial charge in [0.15, 0.2) is 0 Å². The molecule has 3 aliphatic heterocycles. The number of rotatable bonds is 3. The van der Waals surface area contributed by atoms with Crippen LogP contribution in [0.2, 0.25) is 0 Å². The van der Waals surface area contributed by atoms with Gasteiger partial charge in [0.05, 0.1) is 11.1 Å². The molecule has 0 spiro atoms. The minimum Gasteiger partial charge on any atom is -0.317 e. The lowest BCUT2D eigenvalue weighted by Crippen LogP contribution is -2.39. The average Bonchev–Trinajstić information content (AvgIpc) is 2.90. The summed E-state index contributed by atoms with van der Waals surface area (Å²) in [7, 11) is 0. The van der Waals surface area contributed by atoms with Gasteiger partial charge in [-0.25, -0.2) is 0 Å². The van der Waals surface area contributed by atoms with Gasteiger partial charge < -0.3 is 10.2 Å².